The van der Waals surface area contributed by atoms with Gasteiger partial charge in [0.05, 0.1) is 16.3 Å². The molecule has 6 rings (SSSR count). The van der Waals surface area contributed by atoms with Crippen molar-refractivity contribution in [3.05, 3.63) is 76.7 Å². The van der Waals surface area contributed by atoms with Crippen LogP contribution in [0.5, 0.6) is 0 Å². The average molecular weight is 594 g/mol. The second kappa shape index (κ2) is 11.6. The molecule has 2 aliphatic rings. The Morgan fingerprint density at radius 2 is 1.90 bits per heavy atom. The number of piperidine rings is 1. The third-order valence-electron chi connectivity index (χ3n) is 7.27. The molecular formula is C29H26F3N7O2S. The molecule has 42 heavy (non-hydrogen) atoms. The molecule has 5 heterocycles. The molecule has 4 aromatic rings. The van der Waals surface area contributed by atoms with E-state index in [9.17, 15) is 22.8 Å². The third kappa shape index (κ3) is 6.31. The van der Waals surface area contributed by atoms with E-state index >= 15 is 0 Å². The van der Waals surface area contributed by atoms with Crippen LogP contribution >= 0.6 is 11.8 Å². The smallest absolute Gasteiger partial charge is 0.361 e. The number of carbonyl (C=O) groups is 2. The van der Waals surface area contributed by atoms with Crippen LogP contribution in [0.3, 0.4) is 0 Å². The fourth-order valence-electron chi connectivity index (χ4n) is 5.10. The lowest BCUT2D eigenvalue weighted by atomic mass is 9.97. The number of rotatable bonds is 7. The van der Waals surface area contributed by atoms with Gasteiger partial charge in [0.15, 0.2) is 0 Å². The van der Waals surface area contributed by atoms with Gasteiger partial charge in [-0.1, -0.05) is 6.07 Å². The Morgan fingerprint density at radius 3 is 2.67 bits per heavy atom. The van der Waals surface area contributed by atoms with Gasteiger partial charge >= 0.3 is 6.18 Å². The monoisotopic (exact) mass is 593 g/mol. The highest BCUT2D eigenvalue weighted by atomic mass is 32.2. The van der Waals surface area contributed by atoms with E-state index in [1.54, 1.807) is 36.7 Å². The quantitative estimate of drug-likeness (QED) is 0.245. The van der Waals surface area contributed by atoms with Crippen molar-refractivity contribution in [1.29, 1.82) is 0 Å². The van der Waals surface area contributed by atoms with Crippen LogP contribution in [-0.4, -0.2) is 50.7 Å². The molecule has 0 saturated carbocycles. The molecule has 2 saturated heterocycles. The van der Waals surface area contributed by atoms with Gasteiger partial charge in [-0.2, -0.15) is 13.2 Å². The Bertz CT molecular complexity index is 1680. The zero-order valence-electron chi connectivity index (χ0n) is 22.2. The molecule has 9 nitrogen and oxygen atoms in total. The van der Waals surface area contributed by atoms with E-state index in [1.165, 1.54) is 0 Å². The molecule has 0 radical (unpaired) electrons. The number of nitrogens with one attached hydrogen (secondary N) is 3. The van der Waals surface area contributed by atoms with Crippen molar-refractivity contribution in [3.8, 4) is 11.3 Å². The number of amides is 2. The summed E-state index contributed by atoms with van der Waals surface area (Å²) in [7, 11) is 0. The van der Waals surface area contributed by atoms with Gasteiger partial charge in [-0.05, 0) is 85.1 Å². The summed E-state index contributed by atoms with van der Waals surface area (Å²) in [5, 5.41) is 6.06. The van der Waals surface area contributed by atoms with Crippen molar-refractivity contribution in [2.75, 3.05) is 24.5 Å². The SMILES string of the molecule is O=C1NC(=O)/C(=C\c2ccnc(N3CCC(CNCc4cc(-c5ccc6[nH]ccc6c5)nc(C(F)(F)F)c4)CC3)n2)S1. The van der Waals surface area contributed by atoms with Crippen LogP contribution in [0, 0.1) is 5.92 Å². The largest absolute Gasteiger partial charge is 0.433 e. The molecule has 3 aromatic heterocycles. The summed E-state index contributed by atoms with van der Waals surface area (Å²) in [6.07, 6.45) is 2.15. The fourth-order valence-corrected chi connectivity index (χ4v) is 5.77. The molecule has 0 bridgehead atoms. The van der Waals surface area contributed by atoms with Gasteiger partial charge in [0.1, 0.15) is 5.69 Å². The van der Waals surface area contributed by atoms with E-state index in [2.05, 4.69) is 35.5 Å². The minimum Gasteiger partial charge on any atom is -0.361 e. The average Bonchev–Trinajstić information content (AvgIpc) is 3.57. The first-order valence-corrected chi connectivity index (χ1v) is 14.2. The number of H-pyrrole nitrogens is 1. The lowest BCUT2D eigenvalue weighted by Gasteiger charge is -2.32. The van der Waals surface area contributed by atoms with Crippen molar-refractivity contribution in [2.45, 2.75) is 25.6 Å². The normalized spacial score (nSPS) is 17.4. The molecule has 2 aliphatic heterocycles. The number of aromatic nitrogens is 4. The number of imide groups is 1. The first kappa shape index (κ1) is 27.9. The Morgan fingerprint density at radius 1 is 1.07 bits per heavy atom. The van der Waals surface area contributed by atoms with E-state index in [0.29, 0.717) is 46.7 Å². The summed E-state index contributed by atoms with van der Waals surface area (Å²) in [4.78, 5) is 41.5. The number of benzene rings is 1. The fraction of sp³-hybridized carbons (Fsp3) is 0.276. The predicted octanol–water partition coefficient (Wildman–Crippen LogP) is 5.37. The predicted molar refractivity (Wildman–Crippen MR) is 154 cm³/mol. The van der Waals surface area contributed by atoms with Crippen molar-refractivity contribution < 1.29 is 22.8 Å². The summed E-state index contributed by atoms with van der Waals surface area (Å²) in [6, 6.07) is 11.8. The van der Waals surface area contributed by atoms with E-state index in [1.807, 2.05) is 18.2 Å². The molecule has 2 fully saturated rings. The van der Waals surface area contributed by atoms with Crippen LogP contribution in [0.1, 0.15) is 29.8 Å². The van der Waals surface area contributed by atoms with Gasteiger partial charge in [0, 0.05) is 48.5 Å². The van der Waals surface area contributed by atoms with Gasteiger partial charge in [-0.25, -0.2) is 15.0 Å². The third-order valence-corrected chi connectivity index (χ3v) is 8.08. The molecule has 3 N–H and O–H groups in total. The number of aromatic amines is 1. The lowest BCUT2D eigenvalue weighted by Crippen LogP contribution is -2.38. The van der Waals surface area contributed by atoms with Crippen molar-refractivity contribution >= 4 is 45.8 Å². The molecule has 0 atom stereocenters. The van der Waals surface area contributed by atoms with Gasteiger partial charge in [-0.15, -0.1) is 0 Å². The van der Waals surface area contributed by atoms with Gasteiger partial charge in [0.25, 0.3) is 11.1 Å². The van der Waals surface area contributed by atoms with E-state index < -0.39 is 23.0 Å². The van der Waals surface area contributed by atoms with E-state index in [4.69, 9.17) is 0 Å². The molecule has 216 valence electrons. The van der Waals surface area contributed by atoms with Crippen molar-refractivity contribution in [2.24, 2.45) is 5.92 Å². The minimum atomic E-state index is -4.55. The van der Waals surface area contributed by atoms with Crippen LogP contribution in [0.4, 0.5) is 23.9 Å². The molecule has 13 heteroatoms. The summed E-state index contributed by atoms with van der Waals surface area (Å²) < 4.78 is 41.0. The zero-order chi connectivity index (χ0) is 29.3. The highest BCUT2D eigenvalue weighted by molar-refractivity contribution is 8.18. The Labute approximate surface area is 243 Å². The number of nitrogens with zero attached hydrogens (tertiary/aromatic N) is 4. The number of carbonyl (C=O) groups excluding carboxylic acids is 2. The first-order chi connectivity index (χ1) is 20.2. The van der Waals surface area contributed by atoms with Crippen molar-refractivity contribution in [3.63, 3.8) is 0 Å². The molecule has 0 unspecified atom stereocenters. The molecule has 0 spiro atoms. The maximum absolute atomic E-state index is 13.7. The number of fused-ring (bicyclic) bond motifs is 1. The molecule has 1 aromatic carbocycles. The lowest BCUT2D eigenvalue weighted by molar-refractivity contribution is -0.141. The number of pyridine rings is 1. The standard InChI is InChI=1S/C29H26F3N7O2S/c30-29(31,32)25-12-18(11-23(37-25)19-1-2-22-20(13-19)3-7-34-22)16-33-15-17-5-9-39(10-6-17)27-35-8-4-21(36-27)14-24-26(40)38-28(41)42-24/h1-4,7-8,11-14,17,33-34H,5-6,9-10,15-16H2,(H,38,40,41)/b24-14+. The number of halogens is 3. The highest BCUT2D eigenvalue weighted by Crippen LogP contribution is 2.32. The van der Waals surface area contributed by atoms with Gasteiger partial charge in [-0.3, -0.25) is 14.9 Å². The number of hydrogen-bond donors (Lipinski definition) is 3. The van der Waals surface area contributed by atoms with Crippen molar-refractivity contribution in [1.82, 2.24) is 30.6 Å². The maximum Gasteiger partial charge on any atom is 0.433 e. The van der Waals surface area contributed by atoms with Crippen LogP contribution in [0.15, 0.2) is 59.8 Å². The summed E-state index contributed by atoms with van der Waals surface area (Å²) in [5.74, 6) is 0.456. The zero-order valence-corrected chi connectivity index (χ0v) is 23.1. The summed E-state index contributed by atoms with van der Waals surface area (Å²) >= 11 is 0.838. The van der Waals surface area contributed by atoms with Gasteiger partial charge in [0.2, 0.25) is 5.95 Å². The number of alkyl halides is 3. The van der Waals surface area contributed by atoms with Gasteiger partial charge < -0.3 is 15.2 Å². The number of anilines is 1. The molecule has 2 amide bonds. The topological polar surface area (TPSA) is 116 Å². The molecular weight excluding hydrogens is 567 g/mol. The Hall–Kier alpha value is -4.23. The van der Waals surface area contributed by atoms with Crippen LogP contribution < -0.4 is 15.5 Å². The summed E-state index contributed by atoms with van der Waals surface area (Å²) in [6.45, 7) is 2.40. The first-order valence-electron chi connectivity index (χ1n) is 13.4. The van der Waals surface area contributed by atoms with E-state index in [0.717, 1.165) is 54.7 Å². The highest BCUT2D eigenvalue weighted by Gasteiger charge is 2.33. The maximum atomic E-state index is 13.7. The Kier molecular flexibility index (Phi) is 7.69. The second-order valence-corrected chi connectivity index (χ2v) is 11.2. The second-order valence-electron chi connectivity index (χ2n) is 10.2. The van der Waals surface area contributed by atoms with Crippen LogP contribution in [0.25, 0.3) is 28.2 Å². The molecule has 0 aliphatic carbocycles. The Balaban J connectivity index is 1.07. The number of thioether (sulfide) groups is 1. The van der Waals surface area contributed by atoms with E-state index in [-0.39, 0.29) is 5.69 Å². The summed E-state index contributed by atoms with van der Waals surface area (Å²) in [5.41, 5.74) is 1.98. The van der Waals surface area contributed by atoms with Crippen LogP contribution in [-0.2, 0) is 17.5 Å². The number of hydrogen-bond acceptors (Lipinski definition) is 8. The van der Waals surface area contributed by atoms with Crippen LogP contribution in [0.2, 0.25) is 0 Å². The minimum absolute atomic E-state index is 0.287.